The molecule has 1 aliphatic rings. The minimum atomic E-state index is -0.670. The van der Waals surface area contributed by atoms with Gasteiger partial charge in [-0.05, 0) is 49.2 Å². The molecule has 1 aliphatic carbocycles. The van der Waals surface area contributed by atoms with E-state index in [1.54, 1.807) is 24.3 Å². The number of nitrogens with one attached hydrogen (secondary N) is 2. The Morgan fingerprint density at radius 2 is 1.72 bits per heavy atom. The summed E-state index contributed by atoms with van der Waals surface area (Å²) in [5.41, 5.74) is 1.40. The molecule has 1 saturated carbocycles. The molecule has 0 atom stereocenters. The van der Waals surface area contributed by atoms with Crippen molar-refractivity contribution in [2.45, 2.75) is 31.7 Å². The highest BCUT2D eigenvalue weighted by Gasteiger charge is 2.20. The Balaban J connectivity index is 1.56. The van der Waals surface area contributed by atoms with E-state index in [0.717, 1.165) is 25.7 Å². The summed E-state index contributed by atoms with van der Waals surface area (Å²) in [5.74, 6) is -1.45. The van der Waals surface area contributed by atoms with Gasteiger partial charge in [0.1, 0.15) is 0 Å². The number of nitriles is 1. The van der Waals surface area contributed by atoms with Crippen LogP contribution in [0.4, 0.5) is 5.69 Å². The molecule has 2 aromatic carbocycles. The van der Waals surface area contributed by atoms with Crippen molar-refractivity contribution in [2.75, 3.05) is 11.9 Å². The van der Waals surface area contributed by atoms with Crippen molar-refractivity contribution < 1.29 is 19.1 Å². The molecule has 0 spiro atoms. The number of anilines is 1. The quantitative estimate of drug-likeness (QED) is 0.736. The van der Waals surface area contributed by atoms with Gasteiger partial charge in [-0.3, -0.25) is 9.59 Å². The smallest absolute Gasteiger partial charge is 0.338 e. The lowest BCUT2D eigenvalue weighted by Crippen LogP contribution is -2.33. The second-order valence-electron chi connectivity index (χ2n) is 6.81. The number of carbonyl (C=O) groups excluding carboxylic acids is 3. The summed E-state index contributed by atoms with van der Waals surface area (Å²) in [5, 5.41) is 14.4. The number of benzene rings is 2. The highest BCUT2D eigenvalue weighted by atomic mass is 16.5. The van der Waals surface area contributed by atoms with Gasteiger partial charge < -0.3 is 15.4 Å². The zero-order chi connectivity index (χ0) is 20.6. The van der Waals surface area contributed by atoms with Crippen LogP contribution in [-0.2, 0) is 9.53 Å². The van der Waals surface area contributed by atoms with Crippen LogP contribution in [0, 0.1) is 11.3 Å². The molecule has 0 aliphatic heterocycles. The molecule has 2 amide bonds. The third-order valence-electron chi connectivity index (χ3n) is 4.72. The van der Waals surface area contributed by atoms with Gasteiger partial charge in [0.2, 0.25) is 0 Å². The molecule has 0 aromatic heterocycles. The van der Waals surface area contributed by atoms with Gasteiger partial charge in [-0.15, -0.1) is 0 Å². The van der Waals surface area contributed by atoms with Gasteiger partial charge in [-0.2, -0.15) is 5.26 Å². The zero-order valence-corrected chi connectivity index (χ0v) is 15.8. The highest BCUT2D eigenvalue weighted by molar-refractivity contribution is 6.04. The van der Waals surface area contributed by atoms with Crippen LogP contribution in [0.2, 0.25) is 0 Å². The maximum atomic E-state index is 12.5. The summed E-state index contributed by atoms with van der Waals surface area (Å²) >= 11 is 0. The van der Waals surface area contributed by atoms with Crippen LogP contribution >= 0.6 is 0 Å². The number of nitrogens with zero attached hydrogens (tertiary/aromatic N) is 1. The van der Waals surface area contributed by atoms with Crippen molar-refractivity contribution in [3.8, 4) is 6.07 Å². The van der Waals surface area contributed by atoms with E-state index in [0.29, 0.717) is 16.8 Å². The molecule has 1 fully saturated rings. The van der Waals surface area contributed by atoms with Gasteiger partial charge >= 0.3 is 5.97 Å². The maximum Gasteiger partial charge on any atom is 0.338 e. The number of hydrogen-bond acceptors (Lipinski definition) is 5. The summed E-state index contributed by atoms with van der Waals surface area (Å²) in [4.78, 5) is 36.8. The summed E-state index contributed by atoms with van der Waals surface area (Å²) in [6.07, 6.45) is 4.14. The van der Waals surface area contributed by atoms with E-state index in [1.165, 1.54) is 24.3 Å². The van der Waals surface area contributed by atoms with E-state index in [9.17, 15) is 14.4 Å². The largest absolute Gasteiger partial charge is 0.452 e. The first-order chi connectivity index (χ1) is 14.1. The van der Waals surface area contributed by atoms with Gasteiger partial charge in [0.25, 0.3) is 11.8 Å². The number of ether oxygens (including phenoxy) is 1. The lowest BCUT2D eigenvalue weighted by molar-refractivity contribution is -0.119. The van der Waals surface area contributed by atoms with Crippen LogP contribution in [0.3, 0.4) is 0 Å². The van der Waals surface area contributed by atoms with Crippen molar-refractivity contribution in [1.82, 2.24) is 5.32 Å². The minimum Gasteiger partial charge on any atom is -0.452 e. The summed E-state index contributed by atoms with van der Waals surface area (Å²) < 4.78 is 5.01. The molecule has 0 saturated heterocycles. The standard InChI is InChI=1S/C22H21N3O4/c23-13-15-9-11-16(12-10-15)22(28)29-14-20(26)25-19-8-4-3-7-18(19)21(27)24-17-5-1-2-6-17/h3-4,7-12,17H,1-2,5-6,14H2,(H,24,27)(H,25,26). The van der Waals surface area contributed by atoms with Crippen molar-refractivity contribution in [3.63, 3.8) is 0 Å². The lowest BCUT2D eigenvalue weighted by atomic mass is 10.1. The Kier molecular flexibility index (Phi) is 6.59. The van der Waals surface area contributed by atoms with Crippen molar-refractivity contribution in [2.24, 2.45) is 0 Å². The number of para-hydroxylation sites is 1. The van der Waals surface area contributed by atoms with E-state index in [4.69, 9.17) is 10.00 Å². The van der Waals surface area contributed by atoms with Gasteiger partial charge in [-0.1, -0.05) is 25.0 Å². The molecule has 7 heteroatoms. The fraction of sp³-hybridized carbons (Fsp3) is 0.273. The fourth-order valence-corrected chi connectivity index (χ4v) is 3.20. The van der Waals surface area contributed by atoms with Crippen LogP contribution < -0.4 is 10.6 Å². The monoisotopic (exact) mass is 391 g/mol. The van der Waals surface area contributed by atoms with Gasteiger partial charge in [0.15, 0.2) is 6.61 Å². The Morgan fingerprint density at radius 3 is 2.41 bits per heavy atom. The van der Waals surface area contributed by atoms with Gasteiger partial charge in [-0.25, -0.2) is 4.79 Å². The van der Waals surface area contributed by atoms with Gasteiger partial charge in [0, 0.05) is 6.04 Å². The second-order valence-corrected chi connectivity index (χ2v) is 6.81. The normalized spacial score (nSPS) is 13.3. The molecule has 3 rings (SSSR count). The van der Waals surface area contributed by atoms with E-state index >= 15 is 0 Å². The maximum absolute atomic E-state index is 12.5. The molecule has 7 nitrogen and oxygen atoms in total. The first-order valence-electron chi connectivity index (χ1n) is 9.44. The number of carbonyl (C=O) groups is 3. The highest BCUT2D eigenvalue weighted by Crippen LogP contribution is 2.20. The van der Waals surface area contributed by atoms with Crippen LogP contribution in [0.1, 0.15) is 52.0 Å². The minimum absolute atomic E-state index is 0.166. The average Bonchev–Trinajstić information content (AvgIpc) is 3.25. The molecule has 29 heavy (non-hydrogen) atoms. The number of rotatable bonds is 6. The average molecular weight is 391 g/mol. The Labute approximate surface area is 168 Å². The van der Waals surface area contributed by atoms with E-state index < -0.39 is 18.5 Å². The first-order valence-corrected chi connectivity index (χ1v) is 9.44. The number of amides is 2. The Morgan fingerprint density at radius 1 is 1.03 bits per heavy atom. The zero-order valence-electron chi connectivity index (χ0n) is 15.8. The Hall–Kier alpha value is -3.66. The predicted molar refractivity (Wildman–Crippen MR) is 106 cm³/mol. The van der Waals surface area contributed by atoms with E-state index in [-0.39, 0.29) is 17.5 Å². The molecule has 2 aromatic rings. The van der Waals surface area contributed by atoms with E-state index in [2.05, 4.69) is 10.6 Å². The Bertz CT molecular complexity index is 941. The fourth-order valence-electron chi connectivity index (χ4n) is 3.20. The van der Waals surface area contributed by atoms with Crippen LogP contribution in [-0.4, -0.2) is 30.4 Å². The SMILES string of the molecule is N#Cc1ccc(C(=O)OCC(=O)Nc2ccccc2C(=O)NC2CCCC2)cc1. The topological polar surface area (TPSA) is 108 Å². The third kappa shape index (κ3) is 5.42. The molecule has 2 N–H and O–H groups in total. The molecular formula is C22H21N3O4. The van der Waals surface area contributed by atoms with E-state index in [1.807, 2.05) is 6.07 Å². The lowest BCUT2D eigenvalue weighted by Gasteiger charge is -2.15. The number of esters is 1. The van der Waals surface area contributed by atoms with Crippen molar-refractivity contribution >= 4 is 23.5 Å². The third-order valence-corrected chi connectivity index (χ3v) is 4.72. The predicted octanol–water partition coefficient (Wildman–Crippen LogP) is 3.03. The summed E-state index contributed by atoms with van der Waals surface area (Å²) in [7, 11) is 0. The summed E-state index contributed by atoms with van der Waals surface area (Å²) in [6.45, 7) is -0.489. The molecular weight excluding hydrogens is 370 g/mol. The van der Waals surface area contributed by atoms with Crippen LogP contribution in [0.15, 0.2) is 48.5 Å². The molecule has 0 heterocycles. The molecule has 0 radical (unpaired) electrons. The van der Waals surface area contributed by atoms with Crippen molar-refractivity contribution in [1.29, 1.82) is 5.26 Å². The molecule has 148 valence electrons. The van der Waals surface area contributed by atoms with Crippen LogP contribution in [0.5, 0.6) is 0 Å². The number of hydrogen-bond donors (Lipinski definition) is 2. The molecule has 0 unspecified atom stereocenters. The second kappa shape index (κ2) is 9.51. The first kappa shape index (κ1) is 20.1. The van der Waals surface area contributed by atoms with Crippen molar-refractivity contribution in [3.05, 3.63) is 65.2 Å². The molecule has 0 bridgehead atoms. The van der Waals surface area contributed by atoms with Gasteiger partial charge in [0.05, 0.1) is 28.4 Å². The van der Waals surface area contributed by atoms with Crippen LogP contribution in [0.25, 0.3) is 0 Å². The summed E-state index contributed by atoms with van der Waals surface area (Å²) in [6, 6.07) is 14.7.